The number of amidine groups is 1. The molecule has 59 heavy (non-hydrogen) atoms. The van der Waals surface area contributed by atoms with Gasteiger partial charge in [-0.05, 0) is 78.9 Å². The van der Waals surface area contributed by atoms with Gasteiger partial charge in [-0.1, -0.05) is 139 Å². The summed E-state index contributed by atoms with van der Waals surface area (Å²) in [5.41, 5.74) is 11.3. The fourth-order valence-electron chi connectivity index (χ4n) is 8.25. The molecule has 1 aliphatic heterocycles. The third-order valence-corrected chi connectivity index (χ3v) is 11.2. The molecule has 0 fully saturated rings. The first kappa shape index (κ1) is 35.9. The van der Waals surface area contributed by atoms with Gasteiger partial charge in [0, 0.05) is 44.2 Å². The second-order valence-electron chi connectivity index (χ2n) is 15.0. The quantitative estimate of drug-likeness (QED) is 0.129. The summed E-state index contributed by atoms with van der Waals surface area (Å²) < 4.78 is 18.3. The molecule has 286 valence electrons. The van der Waals surface area contributed by atoms with Crippen molar-refractivity contribution in [2.24, 2.45) is 9.98 Å². The van der Waals surface area contributed by atoms with Crippen molar-refractivity contribution in [3.63, 3.8) is 0 Å². The van der Waals surface area contributed by atoms with E-state index in [9.17, 15) is 0 Å². The summed E-state index contributed by atoms with van der Waals surface area (Å²) in [5, 5.41) is 7.84. The molecule has 2 aliphatic rings. The lowest BCUT2D eigenvalue weighted by Gasteiger charge is -2.19. The Morgan fingerprint density at radius 3 is 2.14 bits per heavy atom. The second kappa shape index (κ2) is 15.5. The lowest BCUT2D eigenvalue weighted by atomic mass is 9.91. The molecular weight excluding hydrogens is 727 g/mol. The zero-order valence-corrected chi connectivity index (χ0v) is 32.6. The third kappa shape index (κ3) is 6.99. The summed E-state index contributed by atoms with van der Waals surface area (Å²) in [6.07, 6.45) is 8.26. The van der Waals surface area contributed by atoms with E-state index in [4.69, 9.17) is 18.6 Å². The number of aliphatic imine (C=N–C) groups is 2. The molecule has 9 aromatic rings. The zero-order chi connectivity index (χ0) is 39.7. The van der Waals surface area contributed by atoms with E-state index in [0.29, 0.717) is 12.5 Å². The van der Waals surface area contributed by atoms with Gasteiger partial charge in [0.15, 0.2) is 0 Å². The molecule has 3 unspecified atom stereocenters. The molecule has 0 radical (unpaired) electrons. The van der Waals surface area contributed by atoms with Gasteiger partial charge in [-0.3, -0.25) is 9.98 Å². The summed E-state index contributed by atoms with van der Waals surface area (Å²) in [6, 6.07) is 53.8. The Hall–Kier alpha value is -7.44. The van der Waals surface area contributed by atoms with Gasteiger partial charge in [0.2, 0.25) is 0 Å². The standard InChI is InChI=1S/C40H29N3O2.C13H12O/c1-41-40(43-39(27-13-6-3-7-14-27)42-25-26-11-4-2-5-12-26)31-16-10-18-37-38(31)33-24-29(20-22-36(33)45-37)28-19-21-35-32(23-28)30-15-8-9-17-34(30)44-35;1-9-6-7-13-11(8-9)10-4-2-3-5-12(10)14-13/h2-24,40H,1,25H2,(H,42,43);2-8,10,12H,1H3. The topological polar surface area (TPSA) is 72.3 Å². The SMILES string of the molecule is C=NC(NC(=NCc1ccccc1)c1ccccc1)c1cccc2oc3ccc(-c4ccc5oc6ccccc6c5c4)cc3c12.Cc1ccc2c(c1)C1C=CC=CC1O2. The number of allylic oxidation sites excluding steroid dienone is 2. The predicted molar refractivity (Wildman–Crippen MR) is 242 cm³/mol. The minimum absolute atomic E-state index is 0.219. The molecule has 3 atom stereocenters. The van der Waals surface area contributed by atoms with E-state index in [1.165, 1.54) is 11.1 Å². The third-order valence-electron chi connectivity index (χ3n) is 11.2. The molecule has 0 bridgehead atoms. The van der Waals surface area contributed by atoms with Crippen molar-refractivity contribution in [1.82, 2.24) is 5.32 Å². The van der Waals surface area contributed by atoms with Crippen LogP contribution in [0.2, 0.25) is 0 Å². The Balaban J connectivity index is 0.000000252. The van der Waals surface area contributed by atoms with Gasteiger partial charge in [-0.25, -0.2) is 0 Å². The van der Waals surface area contributed by atoms with Crippen LogP contribution < -0.4 is 10.1 Å². The maximum Gasteiger partial charge on any atom is 0.145 e. The summed E-state index contributed by atoms with van der Waals surface area (Å²) in [5.74, 6) is 2.22. The highest BCUT2D eigenvalue weighted by molar-refractivity contribution is 6.10. The van der Waals surface area contributed by atoms with Crippen LogP contribution >= 0.6 is 0 Å². The van der Waals surface area contributed by atoms with Crippen molar-refractivity contribution in [3.05, 3.63) is 210 Å². The van der Waals surface area contributed by atoms with Crippen molar-refractivity contribution >= 4 is 56.4 Å². The van der Waals surface area contributed by atoms with Crippen molar-refractivity contribution in [2.75, 3.05) is 0 Å². The molecule has 0 spiro atoms. The molecule has 1 N–H and O–H groups in total. The second-order valence-corrected chi connectivity index (χ2v) is 15.0. The van der Waals surface area contributed by atoms with Crippen molar-refractivity contribution < 1.29 is 13.6 Å². The number of rotatable bonds is 7. The van der Waals surface area contributed by atoms with E-state index in [1.54, 1.807) is 0 Å². The largest absolute Gasteiger partial charge is 0.485 e. The molecule has 6 heteroatoms. The van der Waals surface area contributed by atoms with Gasteiger partial charge in [0.05, 0.1) is 6.54 Å². The minimum atomic E-state index is -0.457. The highest BCUT2D eigenvalue weighted by Gasteiger charge is 2.31. The van der Waals surface area contributed by atoms with Crippen LogP contribution in [0.25, 0.3) is 55.0 Å². The number of aryl methyl sites for hydroxylation is 1. The van der Waals surface area contributed by atoms with E-state index in [2.05, 4.69) is 133 Å². The number of nitrogens with one attached hydrogen (secondary N) is 1. The van der Waals surface area contributed by atoms with Gasteiger partial charge in [0.25, 0.3) is 0 Å². The number of para-hydroxylation sites is 1. The first-order valence-electron chi connectivity index (χ1n) is 19.9. The van der Waals surface area contributed by atoms with Crippen LogP contribution in [0.4, 0.5) is 0 Å². The van der Waals surface area contributed by atoms with E-state index < -0.39 is 6.17 Å². The van der Waals surface area contributed by atoms with Gasteiger partial charge in [-0.2, -0.15) is 0 Å². The van der Waals surface area contributed by atoms with Crippen LogP contribution in [-0.4, -0.2) is 18.7 Å². The molecule has 3 heterocycles. The predicted octanol–water partition coefficient (Wildman–Crippen LogP) is 13.1. The summed E-state index contributed by atoms with van der Waals surface area (Å²) in [4.78, 5) is 9.55. The summed E-state index contributed by atoms with van der Waals surface area (Å²) in [7, 11) is 0. The Morgan fingerprint density at radius 1 is 0.644 bits per heavy atom. The van der Waals surface area contributed by atoms with Gasteiger partial charge < -0.3 is 18.9 Å². The van der Waals surface area contributed by atoms with Crippen LogP contribution in [-0.2, 0) is 6.54 Å². The van der Waals surface area contributed by atoms with Crippen molar-refractivity contribution in [2.45, 2.75) is 31.7 Å². The van der Waals surface area contributed by atoms with Crippen LogP contribution in [0.15, 0.2) is 201 Å². The van der Waals surface area contributed by atoms with Crippen LogP contribution in [0, 0.1) is 6.92 Å². The molecule has 2 aromatic heterocycles. The number of hydrogen-bond acceptors (Lipinski definition) is 5. The van der Waals surface area contributed by atoms with Gasteiger partial charge in [-0.15, -0.1) is 0 Å². The van der Waals surface area contributed by atoms with Crippen LogP contribution in [0.1, 0.15) is 39.9 Å². The van der Waals surface area contributed by atoms with E-state index in [-0.39, 0.29) is 6.10 Å². The summed E-state index contributed by atoms with van der Waals surface area (Å²) in [6.45, 7) is 6.64. The van der Waals surface area contributed by atoms with Crippen molar-refractivity contribution in [1.29, 1.82) is 0 Å². The monoisotopic (exact) mass is 767 g/mol. The number of hydrogen-bond donors (Lipinski definition) is 1. The number of furan rings is 2. The highest BCUT2D eigenvalue weighted by atomic mass is 16.5. The minimum Gasteiger partial charge on any atom is -0.485 e. The number of nitrogens with zero attached hydrogens (tertiary/aromatic N) is 2. The van der Waals surface area contributed by atoms with Crippen molar-refractivity contribution in [3.8, 4) is 16.9 Å². The average molecular weight is 768 g/mol. The van der Waals surface area contributed by atoms with Gasteiger partial charge in [0.1, 0.15) is 46.2 Å². The lowest BCUT2D eigenvalue weighted by Crippen LogP contribution is -2.28. The molecule has 11 rings (SSSR count). The Labute approximate surface area is 342 Å². The molecule has 0 saturated carbocycles. The maximum atomic E-state index is 6.35. The van der Waals surface area contributed by atoms with Crippen LogP contribution in [0.3, 0.4) is 0 Å². The molecule has 0 saturated heterocycles. The molecule has 1 aliphatic carbocycles. The Kier molecular flexibility index (Phi) is 9.43. The number of fused-ring (bicyclic) bond motifs is 9. The number of benzene rings is 7. The van der Waals surface area contributed by atoms with E-state index >= 15 is 0 Å². The Morgan fingerprint density at radius 2 is 1.32 bits per heavy atom. The lowest BCUT2D eigenvalue weighted by molar-refractivity contribution is 0.269. The first-order valence-corrected chi connectivity index (χ1v) is 19.9. The zero-order valence-electron chi connectivity index (χ0n) is 32.6. The van der Waals surface area contributed by atoms with Crippen LogP contribution in [0.5, 0.6) is 5.75 Å². The molecule has 7 aromatic carbocycles. The maximum absolute atomic E-state index is 6.35. The molecule has 0 amide bonds. The van der Waals surface area contributed by atoms with Gasteiger partial charge >= 0.3 is 0 Å². The fraction of sp³-hybridized carbons (Fsp3) is 0.0943. The average Bonchev–Trinajstić information content (AvgIpc) is 3.98. The normalized spacial score (nSPS) is 16.1. The fourth-order valence-corrected chi connectivity index (χ4v) is 8.25. The molecule has 6 nitrogen and oxygen atoms in total. The van der Waals surface area contributed by atoms with E-state index in [1.807, 2.05) is 72.8 Å². The van der Waals surface area contributed by atoms with E-state index in [0.717, 1.165) is 83.3 Å². The number of ether oxygens (including phenoxy) is 1. The highest BCUT2D eigenvalue weighted by Crippen LogP contribution is 2.42. The first-order chi connectivity index (χ1) is 29.1. The molecular formula is C53H41N3O3. The smallest absolute Gasteiger partial charge is 0.145 e. The summed E-state index contributed by atoms with van der Waals surface area (Å²) >= 11 is 0. The Bertz CT molecular complexity index is 3080.